The first-order valence-electron chi connectivity index (χ1n) is 8.04. The van der Waals surface area contributed by atoms with E-state index in [9.17, 15) is 0 Å². The summed E-state index contributed by atoms with van der Waals surface area (Å²) in [5.74, 6) is 2.73. The highest BCUT2D eigenvalue weighted by molar-refractivity contribution is 14.0. The minimum atomic E-state index is 0. The molecule has 3 rings (SSSR count). The fourth-order valence-electron chi connectivity index (χ4n) is 2.66. The van der Waals surface area contributed by atoms with E-state index < -0.39 is 0 Å². The van der Waals surface area contributed by atoms with Crippen LogP contribution in [0.1, 0.15) is 30.6 Å². The molecule has 0 amide bonds. The Morgan fingerprint density at radius 3 is 2.88 bits per heavy atom. The Kier molecular flexibility index (Phi) is 7.77. The number of aliphatic imine (C=N–C) groups is 1. The first-order chi connectivity index (χ1) is 11.7. The van der Waals surface area contributed by atoms with Crippen molar-refractivity contribution in [3.05, 3.63) is 45.5 Å². The molecule has 9 heteroatoms. The van der Waals surface area contributed by atoms with Crippen LogP contribution in [0.3, 0.4) is 0 Å². The smallest absolute Gasteiger partial charge is 0.191 e. The highest BCUT2D eigenvalue weighted by Gasteiger charge is 2.17. The predicted octanol–water partition coefficient (Wildman–Crippen LogP) is 3.40. The summed E-state index contributed by atoms with van der Waals surface area (Å²) in [7, 11) is 0. The fourth-order valence-corrected chi connectivity index (χ4v) is 3.13. The normalized spacial score (nSPS) is 13.3. The molecule has 2 N–H and O–H groups in total. The number of fused-ring (bicyclic) bond motifs is 1. The van der Waals surface area contributed by atoms with Crippen molar-refractivity contribution in [1.29, 1.82) is 0 Å². The second kappa shape index (κ2) is 9.59. The molecule has 0 atom stereocenters. The minimum absolute atomic E-state index is 0. The highest BCUT2D eigenvalue weighted by atomic mass is 127. The number of hydrogen-bond donors (Lipinski definition) is 2. The van der Waals surface area contributed by atoms with E-state index >= 15 is 0 Å². The molecule has 2 heterocycles. The fraction of sp³-hybridized carbons (Fsp3) is 0.438. The Bertz CT molecular complexity index is 746. The van der Waals surface area contributed by atoms with E-state index in [0.29, 0.717) is 23.1 Å². The van der Waals surface area contributed by atoms with Gasteiger partial charge in [-0.15, -0.1) is 34.2 Å². The maximum Gasteiger partial charge on any atom is 0.191 e. The van der Waals surface area contributed by atoms with E-state index in [1.807, 2.05) is 19.1 Å². The zero-order chi connectivity index (χ0) is 16.9. The average molecular weight is 495 g/mol. The van der Waals surface area contributed by atoms with Crippen LogP contribution in [0.15, 0.2) is 23.2 Å². The van der Waals surface area contributed by atoms with Gasteiger partial charge in [0.05, 0.1) is 13.1 Å². The third kappa shape index (κ3) is 5.21. The molecule has 0 bridgehead atoms. The largest absolute Gasteiger partial charge is 0.357 e. The molecule has 136 valence electrons. The predicted molar refractivity (Wildman–Crippen MR) is 112 cm³/mol. The standard InChI is InChI=1S/C16H20Cl2N6.HI/c1-2-19-16(20-9-11-5-6-12(17)8-13(11)18)21-10-15-23-22-14-4-3-7-24(14)15;/h5-6,8H,2-4,7,9-10H2,1H3,(H2,19,20,21);1H. The summed E-state index contributed by atoms with van der Waals surface area (Å²) in [5, 5.41) is 16.2. The molecule has 0 saturated heterocycles. The van der Waals surface area contributed by atoms with Crippen molar-refractivity contribution in [2.45, 2.75) is 39.4 Å². The molecule has 1 aromatic carbocycles. The first-order valence-corrected chi connectivity index (χ1v) is 8.80. The number of nitrogens with zero attached hydrogens (tertiary/aromatic N) is 4. The lowest BCUT2D eigenvalue weighted by Gasteiger charge is -2.11. The van der Waals surface area contributed by atoms with E-state index in [2.05, 4.69) is 30.4 Å². The monoisotopic (exact) mass is 494 g/mol. The van der Waals surface area contributed by atoms with Gasteiger partial charge in [-0.3, -0.25) is 0 Å². The summed E-state index contributed by atoms with van der Waals surface area (Å²) < 4.78 is 2.17. The first kappa shape index (κ1) is 20.3. The molecule has 6 nitrogen and oxygen atoms in total. The number of aromatic nitrogens is 3. The van der Waals surface area contributed by atoms with E-state index in [1.165, 1.54) is 0 Å². The number of rotatable bonds is 5. The zero-order valence-corrected chi connectivity index (χ0v) is 17.8. The quantitative estimate of drug-likeness (QED) is 0.379. The third-order valence-electron chi connectivity index (χ3n) is 3.87. The Balaban J connectivity index is 0.00000225. The molecule has 0 spiro atoms. The molecule has 0 unspecified atom stereocenters. The van der Waals surface area contributed by atoms with Crippen molar-refractivity contribution >= 4 is 53.1 Å². The zero-order valence-electron chi connectivity index (χ0n) is 13.9. The molecule has 0 aliphatic carbocycles. The van der Waals surface area contributed by atoms with Crippen LogP contribution in [0.5, 0.6) is 0 Å². The van der Waals surface area contributed by atoms with Gasteiger partial charge in [-0.2, -0.15) is 0 Å². The summed E-state index contributed by atoms with van der Waals surface area (Å²) in [6.45, 7) is 4.86. The van der Waals surface area contributed by atoms with Gasteiger partial charge < -0.3 is 15.2 Å². The van der Waals surface area contributed by atoms with Gasteiger partial charge in [-0.25, -0.2) is 4.99 Å². The van der Waals surface area contributed by atoms with Crippen LogP contribution >= 0.6 is 47.2 Å². The van der Waals surface area contributed by atoms with Crippen molar-refractivity contribution in [3.63, 3.8) is 0 Å². The third-order valence-corrected chi connectivity index (χ3v) is 4.45. The lowest BCUT2D eigenvalue weighted by Crippen LogP contribution is -2.37. The second-order valence-corrected chi connectivity index (χ2v) is 6.42. The van der Waals surface area contributed by atoms with Crippen LogP contribution in [-0.4, -0.2) is 27.3 Å². The number of hydrogen-bond acceptors (Lipinski definition) is 3. The van der Waals surface area contributed by atoms with E-state index in [0.717, 1.165) is 49.1 Å². The number of aryl methyl sites for hydroxylation is 1. The van der Waals surface area contributed by atoms with Crippen LogP contribution in [0, 0.1) is 0 Å². The summed E-state index contributed by atoms with van der Waals surface area (Å²) >= 11 is 12.1. The summed E-state index contributed by atoms with van der Waals surface area (Å²) in [6.07, 6.45) is 2.15. The molecule has 0 radical (unpaired) electrons. The maximum absolute atomic E-state index is 6.20. The summed E-state index contributed by atoms with van der Waals surface area (Å²) in [6, 6.07) is 5.44. The Labute approximate surface area is 174 Å². The molecule has 1 aliphatic rings. The van der Waals surface area contributed by atoms with Gasteiger partial charge in [0.2, 0.25) is 0 Å². The van der Waals surface area contributed by atoms with Gasteiger partial charge in [-0.05, 0) is 31.0 Å². The van der Waals surface area contributed by atoms with Gasteiger partial charge in [0, 0.05) is 29.6 Å². The van der Waals surface area contributed by atoms with Gasteiger partial charge in [0.1, 0.15) is 5.82 Å². The van der Waals surface area contributed by atoms with Crippen molar-refractivity contribution in [2.24, 2.45) is 4.99 Å². The van der Waals surface area contributed by atoms with Gasteiger partial charge in [0.25, 0.3) is 0 Å². The van der Waals surface area contributed by atoms with Gasteiger partial charge in [0.15, 0.2) is 11.8 Å². The molecule has 1 aliphatic heterocycles. The minimum Gasteiger partial charge on any atom is -0.357 e. The topological polar surface area (TPSA) is 67.1 Å². The number of benzene rings is 1. The van der Waals surface area contributed by atoms with E-state index in [1.54, 1.807) is 6.07 Å². The lowest BCUT2D eigenvalue weighted by atomic mass is 10.2. The SMILES string of the molecule is CCNC(=NCc1ccc(Cl)cc1Cl)NCc1nnc2n1CCC2.I. The van der Waals surface area contributed by atoms with E-state index in [-0.39, 0.29) is 24.0 Å². The number of halogens is 3. The molecular formula is C16H21Cl2IN6. The van der Waals surface area contributed by atoms with Crippen LogP contribution in [0.4, 0.5) is 0 Å². The van der Waals surface area contributed by atoms with Crippen molar-refractivity contribution in [3.8, 4) is 0 Å². The molecule has 2 aromatic rings. The van der Waals surface area contributed by atoms with Crippen LogP contribution in [0.25, 0.3) is 0 Å². The number of nitrogens with one attached hydrogen (secondary N) is 2. The van der Waals surface area contributed by atoms with E-state index in [4.69, 9.17) is 23.2 Å². The molecule has 0 saturated carbocycles. The maximum atomic E-state index is 6.20. The molecule has 25 heavy (non-hydrogen) atoms. The van der Waals surface area contributed by atoms with Crippen LogP contribution in [0.2, 0.25) is 10.0 Å². The van der Waals surface area contributed by atoms with Crippen molar-refractivity contribution in [1.82, 2.24) is 25.4 Å². The van der Waals surface area contributed by atoms with Crippen LogP contribution < -0.4 is 10.6 Å². The van der Waals surface area contributed by atoms with Gasteiger partial charge >= 0.3 is 0 Å². The second-order valence-electron chi connectivity index (χ2n) is 5.57. The Morgan fingerprint density at radius 2 is 2.12 bits per heavy atom. The highest BCUT2D eigenvalue weighted by Crippen LogP contribution is 2.21. The van der Waals surface area contributed by atoms with Crippen molar-refractivity contribution in [2.75, 3.05) is 6.54 Å². The Hall–Kier alpha value is -1.06. The van der Waals surface area contributed by atoms with Crippen molar-refractivity contribution < 1.29 is 0 Å². The van der Waals surface area contributed by atoms with Crippen LogP contribution in [-0.2, 0) is 26.1 Å². The molecule has 0 fully saturated rings. The summed E-state index contributed by atoms with van der Waals surface area (Å²) in [5.41, 5.74) is 0.932. The Morgan fingerprint density at radius 1 is 1.28 bits per heavy atom. The molecular weight excluding hydrogens is 474 g/mol. The number of guanidine groups is 1. The average Bonchev–Trinajstić information content (AvgIpc) is 3.15. The molecule has 1 aromatic heterocycles. The lowest BCUT2D eigenvalue weighted by molar-refractivity contribution is 0.663. The summed E-state index contributed by atoms with van der Waals surface area (Å²) in [4.78, 5) is 4.58. The van der Waals surface area contributed by atoms with Gasteiger partial charge in [-0.1, -0.05) is 29.3 Å².